The van der Waals surface area contributed by atoms with Gasteiger partial charge in [-0.2, -0.15) is 10.2 Å². The Labute approximate surface area is 476 Å². The van der Waals surface area contributed by atoms with Gasteiger partial charge in [-0.25, -0.2) is 9.36 Å². The van der Waals surface area contributed by atoms with Gasteiger partial charge >= 0.3 is 0 Å². The smallest absolute Gasteiger partial charge is 0.272 e. The molecule has 4 N–H and O–H groups in total. The molecular formula is C58H66Cl6N8O4. The first-order valence-electron chi connectivity index (χ1n) is 26.5. The van der Waals surface area contributed by atoms with Crippen molar-refractivity contribution in [2.75, 3.05) is 26.2 Å². The quantitative estimate of drug-likeness (QED) is 0.0397. The molecule has 0 bridgehead atoms. The van der Waals surface area contributed by atoms with Crippen LogP contribution >= 0.6 is 69.6 Å². The van der Waals surface area contributed by atoms with E-state index in [0.29, 0.717) is 79.1 Å². The lowest BCUT2D eigenvalue weighted by atomic mass is 9.78. The predicted octanol–water partition coefficient (Wildman–Crippen LogP) is 14.8. The van der Waals surface area contributed by atoms with Crippen LogP contribution in [0.15, 0.2) is 84.9 Å². The minimum absolute atomic E-state index is 0.0151. The van der Waals surface area contributed by atoms with Gasteiger partial charge in [0.1, 0.15) is 0 Å². The Bertz CT molecular complexity index is 2740. The van der Waals surface area contributed by atoms with E-state index in [1.807, 2.05) is 38.1 Å². The van der Waals surface area contributed by atoms with E-state index in [1.165, 1.54) is 0 Å². The fourth-order valence-corrected chi connectivity index (χ4v) is 11.1. The van der Waals surface area contributed by atoms with Crippen molar-refractivity contribution in [3.8, 4) is 33.9 Å². The number of hydrogen-bond acceptors (Lipinski definition) is 6. The summed E-state index contributed by atoms with van der Waals surface area (Å²) in [7, 11) is 0. The highest BCUT2D eigenvalue weighted by Crippen LogP contribution is 2.36. The topological polar surface area (TPSA) is 152 Å². The van der Waals surface area contributed by atoms with E-state index < -0.39 is 0 Å². The molecule has 6 aromatic rings. The van der Waals surface area contributed by atoms with Crippen LogP contribution in [0, 0.1) is 25.7 Å². The first-order valence-corrected chi connectivity index (χ1v) is 28.7. The van der Waals surface area contributed by atoms with Crippen LogP contribution in [-0.2, 0) is 9.59 Å². The Morgan fingerprint density at radius 1 is 0.447 bits per heavy atom. The summed E-state index contributed by atoms with van der Waals surface area (Å²) in [5, 5.41) is 24.8. The molecule has 4 amide bonds. The number of benzene rings is 4. The lowest BCUT2D eigenvalue weighted by Gasteiger charge is -2.29. The van der Waals surface area contributed by atoms with Crippen LogP contribution in [0.2, 0.25) is 30.1 Å². The van der Waals surface area contributed by atoms with Crippen molar-refractivity contribution in [1.82, 2.24) is 40.8 Å². The van der Waals surface area contributed by atoms with Gasteiger partial charge in [0, 0.05) is 80.4 Å². The van der Waals surface area contributed by atoms with Gasteiger partial charge in [-0.1, -0.05) is 158 Å². The number of nitrogens with one attached hydrogen (secondary N) is 4. The number of amides is 4. The van der Waals surface area contributed by atoms with Crippen LogP contribution in [0.25, 0.3) is 33.9 Å². The first kappa shape index (κ1) is 58.6. The molecule has 0 aliphatic heterocycles. The summed E-state index contributed by atoms with van der Waals surface area (Å²) in [6.45, 7) is 5.98. The summed E-state index contributed by atoms with van der Waals surface area (Å²) in [5.41, 5.74) is 6.47. The molecule has 2 heterocycles. The lowest BCUT2D eigenvalue weighted by Crippen LogP contribution is -2.44. The normalized spacial score (nSPS) is 14.4. The SMILES string of the molecule is Cc1c(C(=O)NCCCCCCCCNC(=O)[C@H]2CCCC[C@@H]2C(=O)NCCCCCCCCNC(=O)c2nn(-c3ccc(Cl)cc3Cl)c(-c3ccc(Cl)cc3)c2C)nn(-c2ccc(Cl)cc2Cl)c1-c1ccc(Cl)cc1. The molecule has 404 valence electrons. The van der Waals surface area contributed by atoms with Gasteiger partial charge in [0.25, 0.3) is 11.8 Å². The Hall–Kier alpha value is -5.08. The van der Waals surface area contributed by atoms with E-state index in [2.05, 4.69) is 21.3 Å². The second kappa shape index (κ2) is 29.1. The number of rotatable bonds is 26. The lowest BCUT2D eigenvalue weighted by molar-refractivity contribution is -0.136. The van der Waals surface area contributed by atoms with Crippen molar-refractivity contribution in [3.63, 3.8) is 0 Å². The molecular weight excluding hydrogens is 1090 g/mol. The fraction of sp³-hybridized carbons (Fsp3) is 0.414. The van der Waals surface area contributed by atoms with E-state index in [4.69, 9.17) is 79.8 Å². The summed E-state index contributed by atoms with van der Waals surface area (Å²) in [6.07, 6.45) is 14.7. The predicted molar refractivity (Wildman–Crippen MR) is 309 cm³/mol. The molecule has 4 aromatic carbocycles. The van der Waals surface area contributed by atoms with Gasteiger partial charge in [0.2, 0.25) is 11.8 Å². The summed E-state index contributed by atoms with van der Waals surface area (Å²) in [6, 6.07) is 25.1. The molecule has 12 nitrogen and oxygen atoms in total. The highest BCUT2D eigenvalue weighted by Gasteiger charge is 2.35. The monoisotopic (exact) mass is 1150 g/mol. The standard InChI is InChI=1S/C58H66Cl6N8O4/c1-37-51(69-71(49-29-27-43(61)35-47(49)63)53(37)39-19-23-41(59)24-20-39)57(75)67-33-15-9-5-3-7-13-31-65-55(73)45-17-11-12-18-46(45)56(74)66-32-14-8-4-6-10-16-34-68-58(76)52-38(2)54(40-21-25-42(60)26-22-40)72(70-52)50-30-28-44(62)36-48(50)64/h19-30,35-36,45-46H,3-18,31-34H2,1-2H3,(H,65,73)(H,66,74)(H,67,75)(H,68,76)/t45-,46-/m0/s1. The Kier molecular flexibility index (Phi) is 22.4. The number of aromatic nitrogens is 4. The average molecular weight is 1150 g/mol. The average Bonchev–Trinajstić information content (AvgIpc) is 3.95. The molecule has 1 saturated carbocycles. The van der Waals surface area contributed by atoms with E-state index >= 15 is 0 Å². The number of unbranched alkanes of at least 4 members (excludes halogenated alkanes) is 10. The molecule has 7 rings (SSSR count). The first-order chi connectivity index (χ1) is 36.7. The van der Waals surface area contributed by atoms with Gasteiger partial charge in [0.05, 0.1) is 32.8 Å². The zero-order valence-electron chi connectivity index (χ0n) is 43.1. The van der Waals surface area contributed by atoms with Crippen LogP contribution in [0.5, 0.6) is 0 Å². The zero-order valence-corrected chi connectivity index (χ0v) is 47.6. The Morgan fingerprint density at radius 2 is 0.763 bits per heavy atom. The molecule has 2 atom stereocenters. The maximum Gasteiger partial charge on any atom is 0.272 e. The summed E-state index contributed by atoms with van der Waals surface area (Å²) >= 11 is 37.9. The third-order valence-corrected chi connectivity index (χ3v) is 15.6. The molecule has 0 radical (unpaired) electrons. The number of carbonyl (C=O) groups excluding carboxylic acids is 4. The van der Waals surface area contributed by atoms with E-state index in [1.54, 1.807) is 70.0 Å². The summed E-state index contributed by atoms with van der Waals surface area (Å²) in [4.78, 5) is 53.5. The zero-order chi connectivity index (χ0) is 54.1. The molecule has 0 saturated heterocycles. The number of halogens is 6. The summed E-state index contributed by atoms with van der Waals surface area (Å²) < 4.78 is 3.37. The van der Waals surface area contributed by atoms with Gasteiger partial charge in [-0.05, 0) is 113 Å². The largest absolute Gasteiger partial charge is 0.356 e. The van der Waals surface area contributed by atoms with Gasteiger partial charge in [-0.3, -0.25) is 19.2 Å². The second-order valence-corrected chi connectivity index (χ2v) is 22.1. The fourth-order valence-electron chi connectivity index (χ4n) is 9.90. The van der Waals surface area contributed by atoms with Crippen LogP contribution in [0.1, 0.15) is 135 Å². The molecule has 1 aliphatic rings. The molecule has 18 heteroatoms. The number of carbonyl (C=O) groups is 4. The number of nitrogens with zero attached hydrogens (tertiary/aromatic N) is 4. The van der Waals surface area contributed by atoms with Gasteiger partial charge in [0.15, 0.2) is 11.4 Å². The van der Waals surface area contributed by atoms with E-state index in [-0.39, 0.29) is 35.5 Å². The van der Waals surface area contributed by atoms with Gasteiger partial charge in [-0.15, -0.1) is 0 Å². The summed E-state index contributed by atoms with van der Waals surface area (Å²) in [5.74, 6) is -1.13. The third-order valence-electron chi connectivity index (χ3n) is 14.0. The second-order valence-electron chi connectivity index (χ2n) is 19.5. The van der Waals surface area contributed by atoms with Crippen LogP contribution in [-0.4, -0.2) is 69.4 Å². The van der Waals surface area contributed by atoms with E-state index in [0.717, 1.165) is 136 Å². The van der Waals surface area contributed by atoms with Crippen molar-refractivity contribution in [3.05, 3.63) is 138 Å². The van der Waals surface area contributed by atoms with Gasteiger partial charge < -0.3 is 21.3 Å². The van der Waals surface area contributed by atoms with Crippen molar-refractivity contribution >= 4 is 93.2 Å². The molecule has 0 spiro atoms. The van der Waals surface area contributed by atoms with Crippen LogP contribution in [0.4, 0.5) is 0 Å². The third kappa shape index (κ3) is 15.8. The minimum Gasteiger partial charge on any atom is -0.356 e. The van der Waals surface area contributed by atoms with Crippen molar-refractivity contribution in [2.24, 2.45) is 11.8 Å². The molecule has 76 heavy (non-hydrogen) atoms. The van der Waals surface area contributed by atoms with Crippen molar-refractivity contribution in [1.29, 1.82) is 0 Å². The highest BCUT2D eigenvalue weighted by atomic mass is 35.5. The minimum atomic E-state index is -0.298. The Morgan fingerprint density at radius 3 is 1.11 bits per heavy atom. The molecule has 1 fully saturated rings. The molecule has 1 aliphatic carbocycles. The van der Waals surface area contributed by atoms with Crippen LogP contribution in [0.3, 0.4) is 0 Å². The maximum atomic E-state index is 13.4. The van der Waals surface area contributed by atoms with Crippen molar-refractivity contribution in [2.45, 2.75) is 117 Å². The molecule has 2 aromatic heterocycles. The maximum absolute atomic E-state index is 13.4. The van der Waals surface area contributed by atoms with Crippen LogP contribution < -0.4 is 21.3 Å². The Balaban J connectivity index is 0.736. The van der Waals surface area contributed by atoms with Crippen molar-refractivity contribution < 1.29 is 19.2 Å². The number of hydrogen-bond donors (Lipinski definition) is 4. The highest BCUT2D eigenvalue weighted by molar-refractivity contribution is 6.36. The molecule has 0 unspecified atom stereocenters. The van der Waals surface area contributed by atoms with E-state index in [9.17, 15) is 19.2 Å².